The van der Waals surface area contributed by atoms with E-state index in [4.69, 9.17) is 4.74 Å². The number of amidine groups is 2. The average Bonchev–Trinajstić information content (AvgIpc) is 2.72. The molecule has 3 rings (SSSR count). The van der Waals surface area contributed by atoms with E-state index in [1.54, 1.807) is 51.4 Å². The number of alkyl carbamates (subject to hydrolysis) is 1. The van der Waals surface area contributed by atoms with Crippen LogP contribution < -0.4 is 21.5 Å². The van der Waals surface area contributed by atoms with Crippen molar-refractivity contribution in [2.75, 3.05) is 11.9 Å². The number of nitrogens with zero attached hydrogens (tertiary/aromatic N) is 5. The quantitative estimate of drug-likeness (QED) is 0.556. The molecule has 0 spiro atoms. The minimum absolute atomic E-state index is 0.228. The van der Waals surface area contributed by atoms with E-state index in [0.717, 1.165) is 0 Å². The van der Waals surface area contributed by atoms with Crippen molar-refractivity contribution in [3.8, 4) is 0 Å². The lowest BCUT2D eigenvalue weighted by atomic mass is 10.2. The predicted octanol–water partition coefficient (Wildman–Crippen LogP) is 0.551. The number of carbonyl (C=O) groups is 2. The van der Waals surface area contributed by atoms with Gasteiger partial charge in [-0.15, -0.1) is 10.2 Å². The van der Waals surface area contributed by atoms with Gasteiger partial charge in [0.05, 0.1) is 11.9 Å². The minimum Gasteiger partial charge on any atom is -0.444 e. The molecule has 0 saturated carbocycles. The van der Waals surface area contributed by atoms with Crippen molar-refractivity contribution in [1.82, 2.24) is 31.1 Å². The molecular weight excluding hydrogens is 390 g/mol. The van der Waals surface area contributed by atoms with Gasteiger partial charge in [-0.05, 0) is 39.0 Å². The standard InChI is InChI=1S/C18H21N9O3/c1-18(2,3)30-17(29)22-10-13(28)23-11-5-6-12(21-9-11)14-24-26-16(27-25-14)15-19-7-4-8-20-15/h4-9H,10H2,1-3H3,(H,22,29)(H,23,28)(H,24,25)(H,26,27). The highest BCUT2D eigenvalue weighted by Gasteiger charge is 2.17. The summed E-state index contributed by atoms with van der Waals surface area (Å²) in [6, 6.07) is 5.01. The number of rotatable bonds is 5. The Morgan fingerprint density at radius 3 is 2.33 bits per heavy atom. The molecular formula is C18H21N9O3. The zero-order chi connectivity index (χ0) is 21.6. The molecule has 4 N–H and O–H groups in total. The molecule has 0 bridgehead atoms. The first-order valence-electron chi connectivity index (χ1n) is 8.98. The maximum absolute atomic E-state index is 12.0. The zero-order valence-electron chi connectivity index (χ0n) is 16.6. The van der Waals surface area contributed by atoms with Crippen LogP contribution in [0.1, 0.15) is 32.3 Å². The molecule has 156 valence electrons. The van der Waals surface area contributed by atoms with Gasteiger partial charge in [0.1, 0.15) is 17.8 Å². The van der Waals surface area contributed by atoms with Gasteiger partial charge in [0.15, 0.2) is 11.7 Å². The van der Waals surface area contributed by atoms with Crippen molar-refractivity contribution in [1.29, 1.82) is 0 Å². The first-order valence-corrected chi connectivity index (χ1v) is 8.98. The van der Waals surface area contributed by atoms with Crippen LogP contribution in [0.3, 0.4) is 0 Å². The normalized spacial score (nSPS) is 13.2. The number of ether oxygens (including phenoxy) is 1. The Morgan fingerprint density at radius 1 is 1.03 bits per heavy atom. The summed E-state index contributed by atoms with van der Waals surface area (Å²) >= 11 is 0. The molecule has 0 aliphatic carbocycles. The molecule has 2 aromatic heterocycles. The summed E-state index contributed by atoms with van der Waals surface area (Å²) in [6.07, 6.45) is 4.00. The number of nitrogens with one attached hydrogen (secondary N) is 4. The maximum atomic E-state index is 12.0. The van der Waals surface area contributed by atoms with Crippen LogP contribution in [0.4, 0.5) is 10.5 Å². The fourth-order valence-corrected chi connectivity index (χ4v) is 2.19. The fourth-order valence-electron chi connectivity index (χ4n) is 2.19. The molecule has 3 heterocycles. The fraction of sp³-hybridized carbons (Fsp3) is 0.278. The van der Waals surface area contributed by atoms with Crippen LogP contribution in [0, 0.1) is 0 Å². The molecule has 1 aliphatic rings. The Morgan fingerprint density at radius 2 is 1.73 bits per heavy atom. The number of carbonyl (C=O) groups excluding carboxylic acids is 2. The van der Waals surface area contributed by atoms with Crippen molar-refractivity contribution >= 4 is 29.4 Å². The third kappa shape index (κ3) is 5.95. The number of anilines is 1. The van der Waals surface area contributed by atoms with Crippen molar-refractivity contribution in [3.05, 3.63) is 48.3 Å². The molecule has 2 amide bonds. The lowest BCUT2D eigenvalue weighted by molar-refractivity contribution is -0.115. The smallest absolute Gasteiger partial charge is 0.408 e. The van der Waals surface area contributed by atoms with Crippen molar-refractivity contribution in [2.45, 2.75) is 26.4 Å². The van der Waals surface area contributed by atoms with Gasteiger partial charge >= 0.3 is 6.09 Å². The zero-order valence-corrected chi connectivity index (χ0v) is 16.6. The number of hydrogen-bond acceptors (Lipinski definition) is 10. The summed E-state index contributed by atoms with van der Waals surface area (Å²) < 4.78 is 5.07. The molecule has 0 unspecified atom stereocenters. The van der Waals surface area contributed by atoms with Gasteiger partial charge in [-0.25, -0.2) is 14.8 Å². The second-order valence-corrected chi connectivity index (χ2v) is 7.06. The van der Waals surface area contributed by atoms with Crippen LogP contribution in [0.25, 0.3) is 0 Å². The Bertz CT molecular complexity index is 967. The second kappa shape index (κ2) is 8.94. The number of pyridine rings is 1. The van der Waals surface area contributed by atoms with Crippen LogP contribution in [0.5, 0.6) is 0 Å². The lowest BCUT2D eigenvalue weighted by Crippen LogP contribution is -2.45. The van der Waals surface area contributed by atoms with Gasteiger partial charge in [0.25, 0.3) is 0 Å². The summed E-state index contributed by atoms with van der Waals surface area (Å²) in [5.74, 6) is 0.751. The third-order valence-corrected chi connectivity index (χ3v) is 3.41. The van der Waals surface area contributed by atoms with E-state index >= 15 is 0 Å². The van der Waals surface area contributed by atoms with Gasteiger partial charge in [-0.3, -0.25) is 20.6 Å². The number of aromatic nitrogens is 3. The van der Waals surface area contributed by atoms with Gasteiger partial charge in [0.2, 0.25) is 11.7 Å². The van der Waals surface area contributed by atoms with E-state index in [-0.39, 0.29) is 6.54 Å². The predicted molar refractivity (Wildman–Crippen MR) is 108 cm³/mol. The molecule has 0 aromatic carbocycles. The van der Waals surface area contributed by atoms with Crippen molar-refractivity contribution in [2.24, 2.45) is 10.2 Å². The van der Waals surface area contributed by atoms with Crippen LogP contribution >= 0.6 is 0 Å². The Hall–Kier alpha value is -4.09. The van der Waals surface area contributed by atoms with E-state index in [0.29, 0.717) is 28.9 Å². The summed E-state index contributed by atoms with van der Waals surface area (Å²) in [5, 5.41) is 13.1. The average molecular weight is 411 g/mol. The van der Waals surface area contributed by atoms with E-state index < -0.39 is 17.6 Å². The Balaban J connectivity index is 1.54. The summed E-state index contributed by atoms with van der Waals surface area (Å²) in [5.41, 5.74) is 6.06. The number of amides is 2. The third-order valence-electron chi connectivity index (χ3n) is 3.41. The number of hydrogen-bond donors (Lipinski definition) is 4. The molecule has 1 aliphatic heterocycles. The maximum Gasteiger partial charge on any atom is 0.408 e. The summed E-state index contributed by atoms with van der Waals surface area (Å²) in [6.45, 7) is 4.99. The Labute approximate surface area is 172 Å². The van der Waals surface area contributed by atoms with Gasteiger partial charge in [0, 0.05) is 12.4 Å². The van der Waals surface area contributed by atoms with Crippen LogP contribution in [-0.2, 0) is 9.53 Å². The molecule has 0 saturated heterocycles. The van der Waals surface area contributed by atoms with Crippen molar-refractivity contribution < 1.29 is 14.3 Å². The molecule has 12 nitrogen and oxygen atoms in total. The highest BCUT2D eigenvalue weighted by atomic mass is 16.6. The van der Waals surface area contributed by atoms with E-state index in [9.17, 15) is 9.59 Å². The Kier molecular flexibility index (Phi) is 6.15. The molecule has 0 radical (unpaired) electrons. The van der Waals surface area contributed by atoms with Crippen LogP contribution in [0.15, 0.2) is 47.0 Å². The van der Waals surface area contributed by atoms with Gasteiger partial charge < -0.3 is 15.4 Å². The second-order valence-electron chi connectivity index (χ2n) is 7.06. The molecule has 0 fully saturated rings. The SMILES string of the molecule is CC(C)(C)OC(=O)NCC(=O)Nc1ccc(C2=NN=C(c3ncccn3)NN2)nc1. The van der Waals surface area contributed by atoms with Gasteiger partial charge in [-0.1, -0.05) is 0 Å². The first kappa shape index (κ1) is 20.6. The lowest BCUT2D eigenvalue weighted by Gasteiger charge is -2.19. The van der Waals surface area contributed by atoms with Crippen LogP contribution in [-0.4, -0.2) is 50.8 Å². The minimum atomic E-state index is -0.666. The van der Waals surface area contributed by atoms with E-state index in [2.05, 4.69) is 46.6 Å². The number of hydrazine groups is 1. The molecule has 30 heavy (non-hydrogen) atoms. The summed E-state index contributed by atoms with van der Waals surface area (Å²) in [7, 11) is 0. The van der Waals surface area contributed by atoms with E-state index in [1.165, 1.54) is 6.20 Å². The van der Waals surface area contributed by atoms with E-state index in [1.807, 2.05) is 0 Å². The topological polar surface area (TPSA) is 155 Å². The molecule has 2 aromatic rings. The molecule has 12 heteroatoms. The highest BCUT2D eigenvalue weighted by molar-refractivity contribution is 6.04. The van der Waals surface area contributed by atoms with Gasteiger partial charge in [-0.2, -0.15) is 0 Å². The summed E-state index contributed by atoms with van der Waals surface area (Å²) in [4.78, 5) is 35.9. The first-order chi connectivity index (χ1) is 14.3. The molecule has 0 atom stereocenters. The van der Waals surface area contributed by atoms with Crippen LogP contribution in [0.2, 0.25) is 0 Å². The van der Waals surface area contributed by atoms with Crippen molar-refractivity contribution in [3.63, 3.8) is 0 Å². The monoisotopic (exact) mass is 411 g/mol. The highest BCUT2D eigenvalue weighted by Crippen LogP contribution is 2.08. The largest absolute Gasteiger partial charge is 0.444 e.